The van der Waals surface area contributed by atoms with E-state index >= 15 is 0 Å². The van der Waals surface area contributed by atoms with Gasteiger partial charge in [-0.2, -0.15) is 26.3 Å². The van der Waals surface area contributed by atoms with E-state index in [0.29, 0.717) is 17.0 Å². The first-order chi connectivity index (χ1) is 13.3. The van der Waals surface area contributed by atoms with Crippen molar-refractivity contribution in [2.24, 2.45) is 0 Å². The van der Waals surface area contributed by atoms with Gasteiger partial charge in [-0.1, -0.05) is 18.2 Å². The predicted molar refractivity (Wildman–Crippen MR) is 94.5 cm³/mol. The molecule has 0 amide bonds. The smallest absolute Gasteiger partial charge is 0.430 e. The number of methoxy groups -OCH3 is 1. The fraction of sp³-hybridized carbons (Fsp3) is 0.278. The fourth-order valence-electron chi connectivity index (χ4n) is 2.41. The Morgan fingerprint density at radius 3 is 2.03 bits per heavy atom. The van der Waals surface area contributed by atoms with Gasteiger partial charge in [0.15, 0.2) is 0 Å². The highest BCUT2D eigenvalue weighted by molar-refractivity contribution is 8.00. The molecule has 2 aromatic rings. The zero-order chi connectivity index (χ0) is 22.0. The van der Waals surface area contributed by atoms with E-state index in [4.69, 9.17) is 0 Å². The van der Waals surface area contributed by atoms with Crippen LogP contribution in [0.25, 0.3) is 0 Å². The molecular formula is C18H15F6NO3S. The molecule has 0 fully saturated rings. The highest BCUT2D eigenvalue weighted by atomic mass is 32.2. The lowest BCUT2D eigenvalue weighted by Crippen LogP contribution is -2.53. The van der Waals surface area contributed by atoms with Crippen molar-refractivity contribution in [3.63, 3.8) is 0 Å². The van der Waals surface area contributed by atoms with E-state index in [2.05, 4.69) is 4.74 Å². The summed E-state index contributed by atoms with van der Waals surface area (Å²) in [7, 11) is 2.75. The summed E-state index contributed by atoms with van der Waals surface area (Å²) in [5, 5.41) is 9.41. The summed E-state index contributed by atoms with van der Waals surface area (Å²) >= 11 is 1.08. The summed E-state index contributed by atoms with van der Waals surface area (Å²) in [6, 6.07) is 9.49. The molecule has 0 radical (unpaired) electrons. The van der Waals surface area contributed by atoms with Gasteiger partial charge in [0, 0.05) is 23.2 Å². The zero-order valence-corrected chi connectivity index (χ0v) is 15.8. The van der Waals surface area contributed by atoms with E-state index in [1.54, 1.807) is 12.1 Å². The molecule has 0 atom stereocenters. The standard InChI is InChI=1S/C18H15F6NO3S/c1-25(29-14-5-3-4-11(10-14)15(26)28-2)13-8-6-12(7-9-13)16(27,17(19,20)21)18(22,23)24/h3-10,27H,1-2H3. The summed E-state index contributed by atoms with van der Waals surface area (Å²) in [6.45, 7) is 0. The van der Waals surface area contributed by atoms with Gasteiger partial charge in [-0.3, -0.25) is 0 Å². The molecule has 2 rings (SSSR count). The van der Waals surface area contributed by atoms with E-state index in [1.165, 1.54) is 30.6 Å². The van der Waals surface area contributed by atoms with E-state index < -0.39 is 29.5 Å². The van der Waals surface area contributed by atoms with E-state index in [-0.39, 0.29) is 11.3 Å². The van der Waals surface area contributed by atoms with Crippen molar-refractivity contribution in [1.29, 1.82) is 0 Å². The Balaban J connectivity index is 2.27. The van der Waals surface area contributed by atoms with Crippen LogP contribution in [0.15, 0.2) is 53.4 Å². The van der Waals surface area contributed by atoms with Gasteiger partial charge in [0.1, 0.15) is 0 Å². The van der Waals surface area contributed by atoms with Crippen molar-refractivity contribution in [1.82, 2.24) is 0 Å². The summed E-state index contributed by atoms with van der Waals surface area (Å²) in [6.07, 6.45) is -11.9. The number of carbonyl (C=O) groups is 1. The lowest BCUT2D eigenvalue weighted by molar-refractivity contribution is -0.376. The SMILES string of the molecule is COC(=O)c1cccc(SN(C)c2ccc(C(O)(C(F)(F)F)C(F)(F)F)cc2)c1. The number of halogens is 6. The highest BCUT2D eigenvalue weighted by Crippen LogP contribution is 2.50. The third-order valence-corrected chi connectivity index (χ3v) is 4.92. The van der Waals surface area contributed by atoms with Crippen LogP contribution >= 0.6 is 11.9 Å². The van der Waals surface area contributed by atoms with Crippen LogP contribution < -0.4 is 4.31 Å². The quantitative estimate of drug-likeness (QED) is 0.407. The van der Waals surface area contributed by atoms with Crippen LogP contribution in [0, 0.1) is 0 Å². The van der Waals surface area contributed by atoms with Crippen molar-refractivity contribution in [3.8, 4) is 0 Å². The number of ether oxygens (including phenoxy) is 1. The second-order valence-corrected chi connectivity index (χ2v) is 7.06. The molecule has 11 heteroatoms. The van der Waals surface area contributed by atoms with Gasteiger partial charge in [-0.25, -0.2) is 4.79 Å². The second kappa shape index (κ2) is 8.15. The van der Waals surface area contributed by atoms with Gasteiger partial charge < -0.3 is 14.1 Å². The first kappa shape index (κ1) is 22.9. The average Bonchev–Trinajstić information content (AvgIpc) is 2.65. The number of benzene rings is 2. The molecule has 0 heterocycles. The largest absolute Gasteiger partial charge is 0.465 e. The maximum atomic E-state index is 12.9. The molecule has 0 spiro atoms. The fourth-order valence-corrected chi connectivity index (χ4v) is 3.27. The van der Waals surface area contributed by atoms with Crippen LogP contribution in [0.3, 0.4) is 0 Å². The van der Waals surface area contributed by atoms with E-state index in [1.807, 2.05) is 0 Å². The molecule has 0 bridgehead atoms. The van der Waals surface area contributed by atoms with Gasteiger partial charge in [-0.05, 0) is 42.3 Å². The number of hydrogen-bond acceptors (Lipinski definition) is 5. The lowest BCUT2D eigenvalue weighted by atomic mass is 9.92. The molecule has 2 aromatic carbocycles. The van der Waals surface area contributed by atoms with Crippen LogP contribution in [0.1, 0.15) is 15.9 Å². The van der Waals surface area contributed by atoms with Gasteiger partial charge in [0.05, 0.1) is 12.7 Å². The van der Waals surface area contributed by atoms with Crippen molar-refractivity contribution < 1.29 is 41.0 Å². The number of alkyl halides is 6. The van der Waals surface area contributed by atoms with Crippen molar-refractivity contribution in [2.45, 2.75) is 22.8 Å². The summed E-state index contributed by atoms with van der Waals surface area (Å²) in [5.74, 6) is -0.557. The normalized spacial score (nSPS) is 12.6. The topological polar surface area (TPSA) is 49.8 Å². The number of aliphatic hydroxyl groups is 1. The monoisotopic (exact) mass is 439 g/mol. The minimum Gasteiger partial charge on any atom is -0.465 e. The Labute approximate surface area is 166 Å². The Bertz CT molecular complexity index is 853. The number of anilines is 1. The number of esters is 1. The van der Waals surface area contributed by atoms with Crippen molar-refractivity contribution in [2.75, 3.05) is 18.5 Å². The van der Waals surface area contributed by atoms with Crippen LogP contribution in [0.2, 0.25) is 0 Å². The minimum absolute atomic E-state index is 0.272. The molecule has 0 aromatic heterocycles. The van der Waals surface area contributed by atoms with Crippen molar-refractivity contribution in [3.05, 3.63) is 59.7 Å². The number of hydrogen-bond donors (Lipinski definition) is 1. The van der Waals surface area contributed by atoms with Crippen LogP contribution in [-0.4, -0.2) is 37.6 Å². The third kappa shape index (κ3) is 4.61. The molecule has 158 valence electrons. The maximum absolute atomic E-state index is 12.9. The summed E-state index contributed by atoms with van der Waals surface area (Å²) in [5.41, 5.74) is -5.76. The molecule has 0 saturated heterocycles. The molecular weight excluding hydrogens is 424 g/mol. The Hall–Kier alpha value is -2.40. The second-order valence-electron chi connectivity index (χ2n) is 5.86. The third-order valence-electron chi connectivity index (χ3n) is 3.97. The van der Waals surface area contributed by atoms with Crippen LogP contribution in [0.4, 0.5) is 32.0 Å². The van der Waals surface area contributed by atoms with Gasteiger partial charge >= 0.3 is 18.3 Å². The Morgan fingerprint density at radius 2 is 1.55 bits per heavy atom. The molecule has 29 heavy (non-hydrogen) atoms. The number of rotatable bonds is 5. The summed E-state index contributed by atoms with van der Waals surface area (Å²) in [4.78, 5) is 12.1. The molecule has 0 aliphatic heterocycles. The molecule has 0 aliphatic carbocycles. The molecule has 0 unspecified atom stereocenters. The van der Waals surface area contributed by atoms with Gasteiger partial charge in [-0.15, -0.1) is 0 Å². The zero-order valence-electron chi connectivity index (χ0n) is 15.0. The van der Waals surface area contributed by atoms with E-state index in [9.17, 15) is 36.2 Å². The minimum atomic E-state index is -5.94. The molecule has 4 nitrogen and oxygen atoms in total. The van der Waals surface area contributed by atoms with E-state index in [0.717, 1.165) is 24.1 Å². The highest BCUT2D eigenvalue weighted by Gasteiger charge is 2.71. The first-order valence-corrected chi connectivity index (χ1v) is 8.65. The van der Waals surface area contributed by atoms with Crippen molar-refractivity contribution >= 4 is 23.6 Å². The Kier molecular flexibility index (Phi) is 6.43. The maximum Gasteiger partial charge on any atom is 0.430 e. The molecule has 1 N–H and O–H groups in total. The van der Waals surface area contributed by atoms with Gasteiger partial charge in [0.25, 0.3) is 5.60 Å². The molecule has 0 aliphatic rings. The number of nitrogens with zero attached hydrogens (tertiary/aromatic N) is 1. The van der Waals surface area contributed by atoms with Crippen LogP contribution in [-0.2, 0) is 10.3 Å². The average molecular weight is 439 g/mol. The predicted octanol–water partition coefficient (Wildman–Crippen LogP) is 4.93. The lowest BCUT2D eigenvalue weighted by Gasteiger charge is -2.32. The number of carbonyl (C=O) groups excluding carboxylic acids is 1. The first-order valence-electron chi connectivity index (χ1n) is 7.87. The van der Waals surface area contributed by atoms with Crippen LogP contribution in [0.5, 0.6) is 0 Å². The molecule has 0 saturated carbocycles. The van der Waals surface area contributed by atoms with Gasteiger partial charge in [0.2, 0.25) is 0 Å². The summed E-state index contributed by atoms with van der Waals surface area (Å²) < 4.78 is 83.7. The Morgan fingerprint density at radius 1 is 1.00 bits per heavy atom.